The molecule has 1 saturated carbocycles. The first-order valence-electron chi connectivity index (χ1n) is 5.90. The molecule has 0 amide bonds. The van der Waals surface area contributed by atoms with Crippen LogP contribution in [0.3, 0.4) is 0 Å². The van der Waals surface area contributed by atoms with E-state index < -0.39 is 54.0 Å². The van der Waals surface area contributed by atoms with Gasteiger partial charge >= 0.3 is 11.9 Å². The summed E-state index contributed by atoms with van der Waals surface area (Å²) in [6.07, 6.45) is -3.86. The first kappa shape index (κ1) is 17.1. The van der Waals surface area contributed by atoms with Crippen LogP contribution < -0.4 is 5.73 Å². The van der Waals surface area contributed by atoms with E-state index in [1.807, 2.05) is 0 Å². The van der Waals surface area contributed by atoms with E-state index in [1.165, 1.54) is 0 Å². The molecule has 1 fully saturated rings. The highest BCUT2D eigenvalue weighted by atomic mass is 18.2. The zero-order valence-corrected chi connectivity index (χ0v) is 10.8. The molecule has 0 bridgehead atoms. The Kier molecular flexibility index (Phi) is 5.10. The number of aliphatic carboxylic acids is 1. The van der Waals surface area contributed by atoms with E-state index in [2.05, 4.69) is 4.74 Å². The van der Waals surface area contributed by atoms with Gasteiger partial charge in [-0.15, -0.1) is 0 Å². The van der Waals surface area contributed by atoms with Crippen LogP contribution in [0.5, 0.6) is 0 Å². The molecule has 7 N–H and O–H groups in total. The lowest BCUT2D eigenvalue weighted by Gasteiger charge is -2.36. The minimum atomic E-state index is -1.42. The van der Waals surface area contributed by atoms with E-state index in [1.54, 1.807) is 0 Å². The molecule has 2 rings (SSSR count). The van der Waals surface area contributed by atoms with Crippen LogP contribution in [0.1, 0.15) is 12.8 Å². The Morgan fingerprint density at radius 2 is 2.00 bits per heavy atom. The minimum Gasteiger partial charge on any atom is -0.505 e. The molecule has 10 heteroatoms. The van der Waals surface area contributed by atoms with Gasteiger partial charge in [0.05, 0.1) is 6.61 Å². The summed E-state index contributed by atoms with van der Waals surface area (Å²) in [5.74, 6) is -3.88. The minimum absolute atomic E-state index is 0.0394. The zero-order chi connectivity index (χ0) is 16.4. The lowest BCUT2D eigenvalue weighted by molar-refractivity contribution is -0.149. The summed E-state index contributed by atoms with van der Waals surface area (Å²) in [6, 6.07) is 0. The number of ether oxygens (including phenoxy) is 1. The van der Waals surface area contributed by atoms with Crippen molar-refractivity contribution in [1.82, 2.24) is 0 Å². The van der Waals surface area contributed by atoms with E-state index in [0.29, 0.717) is 0 Å². The van der Waals surface area contributed by atoms with Gasteiger partial charge in [-0.1, -0.05) is 0 Å². The van der Waals surface area contributed by atoms with Crippen molar-refractivity contribution in [3.05, 3.63) is 11.5 Å². The predicted octanol–water partition coefficient (Wildman–Crippen LogP) is -1.51. The summed E-state index contributed by atoms with van der Waals surface area (Å²) in [4.78, 5) is 20.7. The summed E-state index contributed by atoms with van der Waals surface area (Å²) in [6.45, 7) is -0.671. The Bertz CT molecular complexity index is 459. The Balaban J connectivity index is 0.000000219. The molecule has 0 aromatic carbocycles. The van der Waals surface area contributed by atoms with Crippen LogP contribution in [0.25, 0.3) is 0 Å². The molecule has 0 spiro atoms. The van der Waals surface area contributed by atoms with Crippen LogP contribution in [-0.4, -0.2) is 68.0 Å². The highest BCUT2D eigenvalue weighted by molar-refractivity contribution is 5.89. The standard InChI is InChI=1S/C6H8O6.C5H8FNO2/c7-1-2(8)5-3(9)4(10)6(11)12-5;6-3-1-5(7,2-3)4(8)9/h2,5,7-10H,1H2;3H,1-2,7H2,(H,8,9)/t2-,5+;/m0./s1/i;6-1. The van der Waals surface area contributed by atoms with Crippen molar-refractivity contribution in [3.63, 3.8) is 0 Å². The van der Waals surface area contributed by atoms with E-state index in [0.717, 1.165) is 0 Å². The summed E-state index contributed by atoms with van der Waals surface area (Å²) >= 11 is 0. The van der Waals surface area contributed by atoms with Gasteiger partial charge in [0.2, 0.25) is 5.76 Å². The van der Waals surface area contributed by atoms with Crippen LogP contribution in [0.4, 0.5) is 4.39 Å². The van der Waals surface area contributed by atoms with E-state index in [4.69, 9.17) is 31.3 Å². The molecule has 2 aliphatic rings. The maximum Gasteiger partial charge on any atom is 0.377 e. The smallest absolute Gasteiger partial charge is 0.377 e. The van der Waals surface area contributed by atoms with Gasteiger partial charge in [0.1, 0.15) is 17.8 Å². The molecule has 2 atom stereocenters. The second-order valence-electron chi connectivity index (χ2n) is 4.78. The topological polar surface area (TPSA) is 171 Å². The first-order chi connectivity index (χ1) is 9.62. The molecule has 9 nitrogen and oxygen atoms in total. The largest absolute Gasteiger partial charge is 0.505 e. The number of hydrogen-bond acceptors (Lipinski definition) is 8. The van der Waals surface area contributed by atoms with Crippen molar-refractivity contribution < 1.29 is 44.2 Å². The van der Waals surface area contributed by atoms with Crippen molar-refractivity contribution >= 4 is 11.9 Å². The highest BCUT2D eigenvalue weighted by Crippen LogP contribution is 2.32. The molecule has 0 aromatic rings. The van der Waals surface area contributed by atoms with Gasteiger partial charge in [0, 0.05) is 12.8 Å². The average molecular weight is 308 g/mol. The predicted molar refractivity (Wildman–Crippen MR) is 63.9 cm³/mol. The molecular formula is C11H16FNO8. The van der Waals surface area contributed by atoms with Gasteiger partial charge in [-0.3, -0.25) is 4.79 Å². The van der Waals surface area contributed by atoms with Crippen molar-refractivity contribution in [2.45, 2.75) is 36.8 Å². The number of alkyl halides is 1. The molecule has 0 radical (unpaired) electrons. The van der Waals surface area contributed by atoms with Gasteiger partial charge in [-0.05, 0) is 0 Å². The Labute approximate surface area is 118 Å². The molecule has 1 aliphatic carbocycles. The second-order valence-corrected chi connectivity index (χ2v) is 4.78. The Hall–Kier alpha value is -1.91. The number of carbonyl (C=O) groups excluding carboxylic acids is 1. The molecule has 1 aliphatic heterocycles. The Morgan fingerprint density at radius 1 is 1.48 bits per heavy atom. The molecule has 0 unspecified atom stereocenters. The number of carbonyl (C=O) groups is 2. The van der Waals surface area contributed by atoms with Crippen LogP contribution >= 0.6 is 0 Å². The number of esters is 1. The summed E-state index contributed by atoms with van der Waals surface area (Å²) in [7, 11) is 0. The summed E-state index contributed by atoms with van der Waals surface area (Å²) in [5, 5.41) is 43.4. The average Bonchev–Trinajstić information content (AvgIpc) is 2.64. The number of aliphatic hydroxyl groups is 4. The number of carboxylic acids is 1. The lowest BCUT2D eigenvalue weighted by Crippen LogP contribution is -2.58. The number of aliphatic hydroxyl groups excluding tert-OH is 4. The van der Waals surface area contributed by atoms with E-state index >= 15 is 0 Å². The highest BCUT2D eigenvalue weighted by Gasteiger charge is 2.47. The molecule has 1 heterocycles. The quantitative estimate of drug-likeness (QED) is 0.339. The maximum atomic E-state index is 12.0. The zero-order valence-electron chi connectivity index (χ0n) is 10.8. The van der Waals surface area contributed by atoms with Crippen LogP contribution in [0.2, 0.25) is 0 Å². The number of cyclic esters (lactones) is 1. The number of nitrogens with two attached hydrogens (primary N) is 1. The molecule has 0 saturated heterocycles. The van der Waals surface area contributed by atoms with Gasteiger partial charge < -0.3 is 36.0 Å². The third-order valence-corrected chi connectivity index (χ3v) is 3.07. The number of halogens is 1. The van der Waals surface area contributed by atoms with Crippen molar-refractivity contribution in [2.75, 3.05) is 6.61 Å². The van der Waals surface area contributed by atoms with Crippen molar-refractivity contribution in [2.24, 2.45) is 5.73 Å². The summed E-state index contributed by atoms with van der Waals surface area (Å²) in [5.41, 5.74) is 3.93. The van der Waals surface area contributed by atoms with Gasteiger partial charge in [0.25, 0.3) is 0 Å². The Morgan fingerprint density at radius 3 is 2.24 bits per heavy atom. The van der Waals surface area contributed by atoms with E-state index in [-0.39, 0.29) is 12.8 Å². The van der Waals surface area contributed by atoms with Crippen LogP contribution in [0, 0.1) is 0 Å². The first-order valence-corrected chi connectivity index (χ1v) is 5.90. The number of hydrogen-bond donors (Lipinski definition) is 6. The third kappa shape index (κ3) is 3.60. The fourth-order valence-corrected chi connectivity index (χ4v) is 1.73. The normalized spacial score (nSPS) is 32.7. The van der Waals surface area contributed by atoms with Gasteiger partial charge in [-0.25, -0.2) is 9.18 Å². The third-order valence-electron chi connectivity index (χ3n) is 3.07. The summed E-state index contributed by atoms with van der Waals surface area (Å²) < 4.78 is 16.3. The number of carboxylic acid groups (broad SMARTS) is 1. The molecule has 120 valence electrons. The van der Waals surface area contributed by atoms with Crippen molar-refractivity contribution in [1.29, 1.82) is 0 Å². The molecular weight excluding hydrogens is 292 g/mol. The lowest BCUT2D eigenvalue weighted by atomic mass is 9.76. The fraction of sp³-hybridized carbons (Fsp3) is 0.636. The maximum absolute atomic E-state index is 12.0. The second kappa shape index (κ2) is 6.24. The van der Waals surface area contributed by atoms with E-state index in [9.17, 15) is 14.0 Å². The van der Waals surface area contributed by atoms with Gasteiger partial charge in [-0.2, -0.15) is 0 Å². The molecule has 0 aromatic heterocycles. The fourth-order valence-electron chi connectivity index (χ4n) is 1.73. The number of rotatable bonds is 3. The SMILES string of the molecule is NC1(C(=O)O)CC([18F])C1.O=C1O[C@H]([C@@H](O)CO)C(O)=C1O. The monoisotopic (exact) mass is 308 g/mol. The van der Waals surface area contributed by atoms with Crippen LogP contribution in [0.15, 0.2) is 11.5 Å². The van der Waals surface area contributed by atoms with Gasteiger partial charge in [0.15, 0.2) is 11.9 Å². The van der Waals surface area contributed by atoms with Crippen molar-refractivity contribution in [3.8, 4) is 0 Å². The molecule has 21 heavy (non-hydrogen) atoms. The van der Waals surface area contributed by atoms with Crippen LogP contribution in [-0.2, 0) is 14.3 Å².